The number of hydrogen-bond acceptors (Lipinski definition) is 4. The zero-order valence-corrected chi connectivity index (χ0v) is 5.86. The van der Waals surface area contributed by atoms with Crippen molar-refractivity contribution in [2.45, 2.75) is 13.8 Å². The highest BCUT2D eigenvalue weighted by Crippen LogP contribution is 1.93. The molecular formula is C5H10O5. The van der Waals surface area contributed by atoms with E-state index >= 15 is 0 Å². The zero-order chi connectivity index (χ0) is 7.98. The van der Waals surface area contributed by atoms with E-state index in [4.69, 9.17) is 5.11 Å². The van der Waals surface area contributed by atoms with Crippen LogP contribution in [0.4, 0.5) is 4.79 Å². The van der Waals surface area contributed by atoms with Crippen molar-refractivity contribution in [3.63, 3.8) is 0 Å². The van der Waals surface area contributed by atoms with Gasteiger partial charge in [0, 0.05) is 0 Å². The fraction of sp³-hybridized carbons (Fsp3) is 0.800. The summed E-state index contributed by atoms with van der Waals surface area (Å²) in [6.07, 6.45) is -1.52. The molecule has 60 valence electrons. The standard InChI is InChI=1S/C5H10O5/c1-4(2)3-8-10-9-5(6)7/h4H,3H2,1-2H3,(H,6,7). The van der Waals surface area contributed by atoms with E-state index in [1.54, 1.807) is 0 Å². The molecule has 5 heteroatoms. The van der Waals surface area contributed by atoms with Gasteiger partial charge in [0.25, 0.3) is 0 Å². The summed E-state index contributed by atoms with van der Waals surface area (Å²) in [5.41, 5.74) is 0. The van der Waals surface area contributed by atoms with Gasteiger partial charge in [0.2, 0.25) is 0 Å². The normalized spacial score (nSPS) is 9.90. The Balaban J connectivity index is 2.98. The Bertz CT molecular complexity index is 100. The Labute approximate surface area is 58.4 Å². The molecule has 1 N–H and O–H groups in total. The third kappa shape index (κ3) is 7.19. The van der Waals surface area contributed by atoms with Gasteiger partial charge in [-0.2, -0.15) is 4.89 Å². The highest BCUT2D eigenvalue weighted by molar-refractivity contribution is 5.55. The molecule has 5 nitrogen and oxygen atoms in total. The Kier molecular flexibility index (Phi) is 4.61. The molecule has 0 aliphatic heterocycles. The minimum absolute atomic E-state index is 0.275. The second-order valence-corrected chi connectivity index (χ2v) is 2.10. The minimum atomic E-state index is -1.52. The van der Waals surface area contributed by atoms with E-state index in [1.165, 1.54) is 0 Å². The van der Waals surface area contributed by atoms with Crippen LogP contribution in [0.1, 0.15) is 13.8 Å². The van der Waals surface area contributed by atoms with Crippen LogP contribution in [0.3, 0.4) is 0 Å². The summed E-state index contributed by atoms with van der Waals surface area (Å²) in [6, 6.07) is 0. The largest absolute Gasteiger partial charge is 0.540 e. The van der Waals surface area contributed by atoms with Crippen molar-refractivity contribution in [3.8, 4) is 0 Å². The predicted molar refractivity (Wildman–Crippen MR) is 31.0 cm³/mol. The molecule has 0 aromatic heterocycles. The van der Waals surface area contributed by atoms with Crippen LogP contribution in [0.15, 0.2) is 0 Å². The fourth-order valence-corrected chi connectivity index (χ4v) is 0.217. The van der Waals surface area contributed by atoms with Crippen LogP contribution in [0.5, 0.6) is 0 Å². The number of hydrogen-bond donors (Lipinski definition) is 1. The van der Waals surface area contributed by atoms with Gasteiger partial charge >= 0.3 is 6.16 Å². The monoisotopic (exact) mass is 150 g/mol. The van der Waals surface area contributed by atoms with E-state index in [2.05, 4.69) is 14.8 Å². The highest BCUT2D eigenvalue weighted by Gasteiger charge is 1.98. The molecule has 0 saturated heterocycles. The molecule has 0 aromatic carbocycles. The molecule has 0 unspecified atom stereocenters. The smallest absolute Gasteiger partial charge is 0.448 e. The summed E-state index contributed by atoms with van der Waals surface area (Å²) in [7, 11) is 0. The first-order chi connectivity index (χ1) is 4.63. The molecule has 0 radical (unpaired) electrons. The van der Waals surface area contributed by atoms with Gasteiger partial charge in [-0.25, -0.2) is 9.68 Å². The van der Waals surface area contributed by atoms with E-state index in [1.807, 2.05) is 13.8 Å². The first kappa shape index (κ1) is 9.19. The topological polar surface area (TPSA) is 65.0 Å². The lowest BCUT2D eigenvalue weighted by Crippen LogP contribution is -2.06. The van der Waals surface area contributed by atoms with Crippen LogP contribution in [0.25, 0.3) is 0 Å². The average molecular weight is 150 g/mol. The van der Waals surface area contributed by atoms with Crippen molar-refractivity contribution in [2.24, 2.45) is 5.92 Å². The van der Waals surface area contributed by atoms with Crippen molar-refractivity contribution in [3.05, 3.63) is 0 Å². The van der Waals surface area contributed by atoms with Gasteiger partial charge in [-0.3, -0.25) is 0 Å². The summed E-state index contributed by atoms with van der Waals surface area (Å²) in [4.78, 5) is 17.5. The van der Waals surface area contributed by atoms with E-state index in [9.17, 15) is 4.79 Å². The van der Waals surface area contributed by atoms with Gasteiger partial charge in [-0.05, 0) is 11.0 Å². The van der Waals surface area contributed by atoms with Crippen molar-refractivity contribution in [2.75, 3.05) is 6.61 Å². The van der Waals surface area contributed by atoms with E-state index in [0.717, 1.165) is 0 Å². The van der Waals surface area contributed by atoms with Gasteiger partial charge in [-0.15, -0.1) is 0 Å². The van der Waals surface area contributed by atoms with E-state index in [0.29, 0.717) is 6.61 Å². The Morgan fingerprint density at radius 3 is 2.60 bits per heavy atom. The molecule has 0 heterocycles. The fourth-order valence-electron chi connectivity index (χ4n) is 0.217. The van der Waals surface area contributed by atoms with Crippen molar-refractivity contribution in [1.82, 2.24) is 0 Å². The number of rotatable bonds is 4. The second-order valence-electron chi connectivity index (χ2n) is 2.10. The van der Waals surface area contributed by atoms with Crippen LogP contribution in [-0.4, -0.2) is 17.9 Å². The van der Waals surface area contributed by atoms with Gasteiger partial charge in [0.1, 0.15) is 0 Å². The van der Waals surface area contributed by atoms with Crippen molar-refractivity contribution in [1.29, 1.82) is 0 Å². The first-order valence-electron chi connectivity index (χ1n) is 2.82. The van der Waals surface area contributed by atoms with Crippen LogP contribution >= 0.6 is 0 Å². The van der Waals surface area contributed by atoms with Gasteiger partial charge in [0.15, 0.2) is 0 Å². The van der Waals surface area contributed by atoms with E-state index < -0.39 is 6.16 Å². The molecule has 0 aliphatic rings. The molecule has 0 rings (SSSR count). The van der Waals surface area contributed by atoms with Gasteiger partial charge in [-0.1, -0.05) is 13.8 Å². The molecule has 0 aliphatic carbocycles. The second kappa shape index (κ2) is 5.01. The summed E-state index contributed by atoms with van der Waals surface area (Å²) in [5, 5.41) is 11.7. The summed E-state index contributed by atoms with van der Waals surface area (Å²) in [5.74, 6) is 0.275. The maximum atomic E-state index is 9.62. The molecule has 0 atom stereocenters. The quantitative estimate of drug-likeness (QED) is 0.370. The Morgan fingerprint density at radius 2 is 2.20 bits per heavy atom. The van der Waals surface area contributed by atoms with Crippen LogP contribution in [0.2, 0.25) is 0 Å². The maximum Gasteiger partial charge on any atom is 0.540 e. The lowest BCUT2D eigenvalue weighted by atomic mass is 10.2. The SMILES string of the molecule is CC(C)COOOC(=O)O. The average Bonchev–Trinajstić information content (AvgIpc) is 1.79. The van der Waals surface area contributed by atoms with Gasteiger partial charge in [0.05, 0.1) is 6.61 Å². The van der Waals surface area contributed by atoms with Crippen molar-refractivity contribution >= 4 is 6.16 Å². The minimum Gasteiger partial charge on any atom is -0.448 e. The molecule has 10 heavy (non-hydrogen) atoms. The van der Waals surface area contributed by atoms with Crippen LogP contribution in [0, 0.1) is 5.92 Å². The highest BCUT2D eigenvalue weighted by atomic mass is 17.5. The summed E-state index contributed by atoms with van der Waals surface area (Å²) in [6.45, 7) is 4.08. The molecule has 0 amide bonds. The molecule has 0 spiro atoms. The zero-order valence-electron chi connectivity index (χ0n) is 5.86. The Morgan fingerprint density at radius 1 is 1.60 bits per heavy atom. The summed E-state index contributed by atoms with van der Waals surface area (Å²) >= 11 is 0. The molecule has 0 bridgehead atoms. The maximum absolute atomic E-state index is 9.62. The lowest BCUT2D eigenvalue weighted by Gasteiger charge is -2.01. The Hall–Kier alpha value is -0.810. The summed E-state index contributed by atoms with van der Waals surface area (Å²) < 4.78 is 0. The third-order valence-corrected chi connectivity index (χ3v) is 0.555. The van der Waals surface area contributed by atoms with Crippen LogP contribution in [-0.2, 0) is 14.8 Å². The number of carbonyl (C=O) groups is 1. The molecule has 0 fully saturated rings. The van der Waals surface area contributed by atoms with Gasteiger partial charge < -0.3 is 5.11 Å². The molecule has 0 saturated carbocycles. The first-order valence-corrected chi connectivity index (χ1v) is 2.82. The third-order valence-electron chi connectivity index (χ3n) is 0.555. The van der Waals surface area contributed by atoms with Crippen LogP contribution < -0.4 is 0 Å². The predicted octanol–water partition coefficient (Wildman–Crippen LogP) is 1.20. The molecule has 0 aromatic rings. The number of carboxylic acid groups (broad SMARTS) is 1. The molecular weight excluding hydrogens is 140 g/mol. The van der Waals surface area contributed by atoms with Crippen molar-refractivity contribution < 1.29 is 24.7 Å². The lowest BCUT2D eigenvalue weighted by molar-refractivity contribution is -0.487. The van der Waals surface area contributed by atoms with E-state index in [-0.39, 0.29) is 5.92 Å².